The molecule has 0 saturated carbocycles. The molecule has 3 aromatic rings. The Kier molecular flexibility index (Phi) is 5.23. The van der Waals surface area contributed by atoms with Crippen LogP contribution in [0.3, 0.4) is 0 Å². The van der Waals surface area contributed by atoms with Gasteiger partial charge >= 0.3 is 0 Å². The first-order valence-corrected chi connectivity index (χ1v) is 10.1. The number of nitrogens with one attached hydrogen (secondary N) is 1. The molecule has 1 atom stereocenters. The highest BCUT2D eigenvalue weighted by molar-refractivity contribution is 5.79. The highest BCUT2D eigenvalue weighted by atomic mass is 16.5. The van der Waals surface area contributed by atoms with Gasteiger partial charge in [0.2, 0.25) is 0 Å². The number of aromatic nitrogens is 5. The SMILES string of the molecule is CCC(C)(C)n1nnnc1C(c1cc2cc(C)ccc2[nH]c1=O)N1CCOCC1. The zero-order chi connectivity index (χ0) is 20.6. The highest BCUT2D eigenvalue weighted by Crippen LogP contribution is 2.30. The van der Waals surface area contributed by atoms with Gasteiger partial charge in [-0.3, -0.25) is 9.69 Å². The fourth-order valence-corrected chi connectivity index (χ4v) is 3.83. The Morgan fingerprint density at radius 2 is 2.00 bits per heavy atom. The maximum Gasteiger partial charge on any atom is 0.253 e. The van der Waals surface area contributed by atoms with Gasteiger partial charge in [0.15, 0.2) is 5.82 Å². The molecule has 0 radical (unpaired) electrons. The van der Waals surface area contributed by atoms with Crippen LogP contribution >= 0.6 is 0 Å². The van der Waals surface area contributed by atoms with Crippen LogP contribution in [0.4, 0.5) is 0 Å². The molecule has 2 aromatic heterocycles. The number of morpholine rings is 1. The number of benzene rings is 1. The van der Waals surface area contributed by atoms with Crippen LogP contribution in [0.15, 0.2) is 29.1 Å². The van der Waals surface area contributed by atoms with Crippen LogP contribution in [0.25, 0.3) is 10.9 Å². The Labute approximate surface area is 169 Å². The summed E-state index contributed by atoms with van der Waals surface area (Å²) in [6.45, 7) is 11.1. The second-order valence-corrected chi connectivity index (χ2v) is 8.31. The Hall–Kier alpha value is -2.58. The minimum Gasteiger partial charge on any atom is -0.379 e. The number of pyridine rings is 1. The van der Waals surface area contributed by atoms with Crippen molar-refractivity contribution in [3.05, 3.63) is 51.6 Å². The van der Waals surface area contributed by atoms with Crippen LogP contribution < -0.4 is 5.56 Å². The molecule has 1 aliphatic rings. The molecule has 8 heteroatoms. The third-order valence-electron chi connectivity index (χ3n) is 5.91. The van der Waals surface area contributed by atoms with Crippen LogP contribution in [-0.2, 0) is 10.3 Å². The van der Waals surface area contributed by atoms with Gasteiger partial charge in [-0.25, -0.2) is 4.68 Å². The molecule has 8 nitrogen and oxygen atoms in total. The van der Waals surface area contributed by atoms with Gasteiger partial charge in [-0.15, -0.1) is 5.10 Å². The largest absolute Gasteiger partial charge is 0.379 e. The Bertz CT molecular complexity index is 1060. The van der Waals surface area contributed by atoms with E-state index in [1.165, 1.54) is 0 Å². The smallest absolute Gasteiger partial charge is 0.253 e. The molecule has 1 aromatic carbocycles. The Balaban J connectivity index is 1.91. The minimum absolute atomic E-state index is 0.110. The van der Waals surface area contributed by atoms with E-state index < -0.39 is 0 Å². The minimum atomic E-state index is -0.339. The number of H-pyrrole nitrogens is 1. The van der Waals surface area contributed by atoms with E-state index >= 15 is 0 Å². The number of hydrogen-bond acceptors (Lipinski definition) is 6. The molecule has 1 unspecified atom stereocenters. The first-order valence-electron chi connectivity index (χ1n) is 10.1. The standard InChI is InChI=1S/C21H28N6O2/c1-5-21(3,4)27-19(23-24-25-27)18(26-8-10-29-11-9-26)16-13-15-12-14(2)6-7-17(15)22-20(16)28/h6-7,12-13,18H,5,8-11H2,1-4H3,(H,22,28). The summed E-state index contributed by atoms with van der Waals surface area (Å²) < 4.78 is 7.42. The van der Waals surface area contributed by atoms with Gasteiger partial charge in [0.05, 0.1) is 18.8 Å². The maximum absolute atomic E-state index is 13.1. The number of nitrogens with zero attached hydrogens (tertiary/aromatic N) is 5. The van der Waals surface area contributed by atoms with E-state index in [2.05, 4.69) is 52.2 Å². The molecule has 3 heterocycles. The van der Waals surface area contributed by atoms with Crippen LogP contribution in [0.1, 0.15) is 50.2 Å². The third kappa shape index (κ3) is 3.70. The molecule has 1 saturated heterocycles. The van der Waals surface area contributed by atoms with Crippen molar-refractivity contribution in [1.29, 1.82) is 0 Å². The number of rotatable bonds is 5. The van der Waals surface area contributed by atoms with Crippen molar-refractivity contribution >= 4 is 10.9 Å². The van der Waals surface area contributed by atoms with E-state index in [1.807, 2.05) is 29.8 Å². The molecule has 1 N–H and O–H groups in total. The van der Waals surface area contributed by atoms with Gasteiger partial charge in [0.25, 0.3) is 5.56 Å². The van der Waals surface area contributed by atoms with Crippen molar-refractivity contribution in [2.45, 2.75) is 45.7 Å². The van der Waals surface area contributed by atoms with E-state index in [4.69, 9.17) is 4.74 Å². The van der Waals surface area contributed by atoms with Crippen molar-refractivity contribution in [2.24, 2.45) is 0 Å². The molecule has 0 amide bonds. The number of ether oxygens (including phenoxy) is 1. The van der Waals surface area contributed by atoms with E-state index in [1.54, 1.807) is 0 Å². The topological polar surface area (TPSA) is 88.9 Å². The summed E-state index contributed by atoms with van der Waals surface area (Å²) in [7, 11) is 0. The molecule has 1 fully saturated rings. The predicted molar refractivity (Wildman–Crippen MR) is 111 cm³/mol. The number of aryl methyl sites for hydroxylation is 1. The summed E-state index contributed by atoms with van der Waals surface area (Å²) in [5, 5.41) is 13.7. The fraction of sp³-hybridized carbons (Fsp3) is 0.524. The molecule has 0 bridgehead atoms. The molecule has 1 aliphatic heterocycles. The summed E-state index contributed by atoms with van der Waals surface area (Å²) in [6.07, 6.45) is 0.869. The van der Waals surface area contributed by atoms with E-state index in [9.17, 15) is 4.79 Å². The quantitative estimate of drug-likeness (QED) is 0.712. The second-order valence-electron chi connectivity index (χ2n) is 8.31. The van der Waals surface area contributed by atoms with Crippen molar-refractivity contribution < 1.29 is 4.74 Å². The summed E-state index contributed by atoms with van der Waals surface area (Å²) in [5.41, 5.74) is 2.27. The van der Waals surface area contributed by atoms with Crippen molar-refractivity contribution in [1.82, 2.24) is 30.1 Å². The van der Waals surface area contributed by atoms with Crippen molar-refractivity contribution in [2.75, 3.05) is 26.3 Å². The highest BCUT2D eigenvalue weighted by Gasteiger charge is 2.34. The fourth-order valence-electron chi connectivity index (χ4n) is 3.83. The zero-order valence-electron chi connectivity index (χ0n) is 17.5. The van der Waals surface area contributed by atoms with E-state index in [0.29, 0.717) is 24.6 Å². The summed E-state index contributed by atoms with van der Waals surface area (Å²) in [6, 6.07) is 7.68. The molecular weight excluding hydrogens is 368 g/mol. The monoisotopic (exact) mass is 396 g/mol. The first kappa shape index (κ1) is 19.7. The van der Waals surface area contributed by atoms with Crippen LogP contribution in [0.2, 0.25) is 0 Å². The van der Waals surface area contributed by atoms with Gasteiger partial charge in [-0.1, -0.05) is 18.6 Å². The molecule has 29 heavy (non-hydrogen) atoms. The van der Waals surface area contributed by atoms with Crippen LogP contribution in [-0.4, -0.2) is 56.4 Å². The lowest BCUT2D eigenvalue weighted by Gasteiger charge is -2.35. The van der Waals surface area contributed by atoms with Crippen molar-refractivity contribution in [3.8, 4) is 0 Å². The molecule has 154 valence electrons. The van der Waals surface area contributed by atoms with Gasteiger partial charge < -0.3 is 9.72 Å². The van der Waals surface area contributed by atoms with E-state index in [-0.39, 0.29) is 17.1 Å². The number of fused-ring (bicyclic) bond motifs is 1. The number of hydrogen-bond donors (Lipinski definition) is 1. The lowest BCUT2D eigenvalue weighted by atomic mass is 9.99. The lowest BCUT2D eigenvalue weighted by molar-refractivity contribution is 0.0204. The molecule has 0 aliphatic carbocycles. The summed E-state index contributed by atoms with van der Waals surface area (Å²) >= 11 is 0. The molecule has 4 rings (SSSR count). The predicted octanol–water partition coefficient (Wildman–Crippen LogP) is 2.39. The van der Waals surface area contributed by atoms with Crippen LogP contribution in [0.5, 0.6) is 0 Å². The van der Waals surface area contributed by atoms with Gasteiger partial charge in [-0.2, -0.15) is 0 Å². The molecule has 0 spiro atoms. The van der Waals surface area contributed by atoms with Gasteiger partial charge in [0, 0.05) is 24.2 Å². The maximum atomic E-state index is 13.1. The zero-order valence-corrected chi connectivity index (χ0v) is 17.5. The average molecular weight is 396 g/mol. The Morgan fingerprint density at radius 1 is 1.24 bits per heavy atom. The Morgan fingerprint density at radius 3 is 2.72 bits per heavy atom. The van der Waals surface area contributed by atoms with Gasteiger partial charge in [-0.05, 0) is 61.2 Å². The number of tetrazole rings is 1. The summed E-state index contributed by atoms with van der Waals surface area (Å²) in [4.78, 5) is 18.4. The number of aromatic amines is 1. The summed E-state index contributed by atoms with van der Waals surface area (Å²) in [5.74, 6) is 0.691. The average Bonchev–Trinajstić information content (AvgIpc) is 3.20. The first-order chi connectivity index (χ1) is 13.9. The molecular formula is C21H28N6O2. The second kappa shape index (κ2) is 7.68. The normalized spacial score (nSPS) is 17.0. The third-order valence-corrected chi connectivity index (χ3v) is 5.91. The van der Waals surface area contributed by atoms with E-state index in [0.717, 1.165) is 36.0 Å². The van der Waals surface area contributed by atoms with Crippen molar-refractivity contribution in [3.63, 3.8) is 0 Å². The van der Waals surface area contributed by atoms with Crippen LogP contribution in [0, 0.1) is 6.92 Å². The van der Waals surface area contributed by atoms with Gasteiger partial charge in [0.1, 0.15) is 6.04 Å². The lowest BCUT2D eigenvalue weighted by Crippen LogP contribution is -2.43.